The molecule has 1 atom stereocenters. The Hall–Kier alpha value is -1.09. The van der Waals surface area contributed by atoms with Crippen molar-refractivity contribution in [2.45, 2.75) is 26.8 Å². The van der Waals surface area contributed by atoms with Crippen LogP contribution >= 0.6 is 0 Å². The number of nitrogens with two attached hydrogens (primary N) is 1. The van der Waals surface area contributed by atoms with Gasteiger partial charge in [-0.3, -0.25) is 0 Å². The van der Waals surface area contributed by atoms with Crippen molar-refractivity contribution in [2.75, 3.05) is 7.11 Å². The largest absolute Gasteiger partial charge is 0.497 e. The van der Waals surface area contributed by atoms with E-state index in [9.17, 15) is 4.39 Å². The van der Waals surface area contributed by atoms with Gasteiger partial charge in [-0.15, -0.1) is 0 Å². The van der Waals surface area contributed by atoms with Crippen LogP contribution in [0.1, 0.15) is 32.4 Å². The summed E-state index contributed by atoms with van der Waals surface area (Å²) < 4.78 is 18.6. The summed E-state index contributed by atoms with van der Waals surface area (Å²) in [6.07, 6.45) is 0. The Morgan fingerprint density at radius 3 is 2.40 bits per heavy atom. The molecule has 15 heavy (non-hydrogen) atoms. The van der Waals surface area contributed by atoms with Crippen LogP contribution in [-0.2, 0) is 0 Å². The van der Waals surface area contributed by atoms with Gasteiger partial charge in [0, 0.05) is 11.6 Å². The van der Waals surface area contributed by atoms with Crippen LogP contribution in [0.5, 0.6) is 5.75 Å². The highest BCUT2D eigenvalue weighted by Crippen LogP contribution is 2.33. The van der Waals surface area contributed by atoms with Gasteiger partial charge in [-0.05, 0) is 23.6 Å². The third-order valence-electron chi connectivity index (χ3n) is 2.47. The number of hydrogen-bond acceptors (Lipinski definition) is 2. The third-order valence-corrected chi connectivity index (χ3v) is 2.47. The van der Waals surface area contributed by atoms with Gasteiger partial charge < -0.3 is 10.5 Å². The summed E-state index contributed by atoms with van der Waals surface area (Å²) in [5.41, 5.74) is 6.33. The molecule has 0 aliphatic heterocycles. The number of ether oxygens (including phenoxy) is 1. The van der Waals surface area contributed by atoms with E-state index < -0.39 is 0 Å². The van der Waals surface area contributed by atoms with Crippen LogP contribution in [0.2, 0.25) is 0 Å². The van der Waals surface area contributed by atoms with Crippen molar-refractivity contribution in [3.63, 3.8) is 0 Å². The van der Waals surface area contributed by atoms with Gasteiger partial charge in [-0.25, -0.2) is 4.39 Å². The van der Waals surface area contributed by atoms with Gasteiger partial charge in [0.2, 0.25) is 0 Å². The zero-order chi connectivity index (χ0) is 11.6. The van der Waals surface area contributed by atoms with Crippen LogP contribution in [0.25, 0.3) is 0 Å². The number of benzene rings is 1. The van der Waals surface area contributed by atoms with Crippen molar-refractivity contribution in [1.82, 2.24) is 0 Å². The quantitative estimate of drug-likeness (QED) is 0.816. The number of methoxy groups -OCH3 is 1. The molecule has 1 aromatic rings. The summed E-state index contributed by atoms with van der Waals surface area (Å²) in [7, 11) is 1.56. The topological polar surface area (TPSA) is 35.2 Å². The fourth-order valence-corrected chi connectivity index (χ4v) is 1.35. The highest BCUT2D eigenvalue weighted by molar-refractivity contribution is 5.32. The summed E-state index contributed by atoms with van der Waals surface area (Å²) in [6, 6.07) is 4.30. The van der Waals surface area contributed by atoms with E-state index in [4.69, 9.17) is 10.5 Å². The van der Waals surface area contributed by atoms with E-state index in [-0.39, 0.29) is 17.3 Å². The number of hydrogen-bond donors (Lipinski definition) is 1. The Morgan fingerprint density at radius 2 is 1.93 bits per heavy atom. The molecule has 0 radical (unpaired) electrons. The average Bonchev–Trinajstić information content (AvgIpc) is 2.16. The van der Waals surface area contributed by atoms with E-state index in [2.05, 4.69) is 0 Å². The van der Waals surface area contributed by atoms with Crippen molar-refractivity contribution in [3.05, 3.63) is 29.6 Å². The van der Waals surface area contributed by atoms with E-state index in [1.807, 2.05) is 20.8 Å². The second-order valence-electron chi connectivity index (χ2n) is 4.73. The maximum Gasteiger partial charge on any atom is 0.128 e. The molecule has 0 saturated carbocycles. The molecule has 1 rings (SSSR count). The van der Waals surface area contributed by atoms with Gasteiger partial charge in [0.15, 0.2) is 0 Å². The van der Waals surface area contributed by atoms with Crippen molar-refractivity contribution >= 4 is 0 Å². The molecule has 0 unspecified atom stereocenters. The summed E-state index contributed by atoms with van der Waals surface area (Å²) in [6.45, 7) is 5.95. The van der Waals surface area contributed by atoms with Gasteiger partial charge >= 0.3 is 0 Å². The predicted molar refractivity (Wildman–Crippen MR) is 59.3 cm³/mol. The molecule has 0 aromatic heterocycles. The molecule has 0 aliphatic carbocycles. The minimum absolute atomic E-state index is 0.173. The van der Waals surface area contributed by atoms with Crippen LogP contribution in [0.3, 0.4) is 0 Å². The lowest BCUT2D eigenvalue weighted by atomic mass is 9.83. The fraction of sp³-hybridized carbons (Fsp3) is 0.500. The first kappa shape index (κ1) is 12.0. The van der Waals surface area contributed by atoms with E-state index in [1.165, 1.54) is 6.07 Å². The Kier molecular flexibility index (Phi) is 3.35. The molecule has 3 heteroatoms. The van der Waals surface area contributed by atoms with Crippen LogP contribution in [0.15, 0.2) is 18.2 Å². The molecule has 0 fully saturated rings. The molecule has 0 saturated heterocycles. The molecular formula is C12H18FNO. The van der Waals surface area contributed by atoms with E-state index in [1.54, 1.807) is 19.2 Å². The van der Waals surface area contributed by atoms with Crippen molar-refractivity contribution in [2.24, 2.45) is 11.1 Å². The summed E-state index contributed by atoms with van der Waals surface area (Å²) in [5, 5.41) is 0. The highest BCUT2D eigenvalue weighted by atomic mass is 19.1. The SMILES string of the molecule is COc1ccc(F)c([C@@H](N)C(C)(C)C)c1. The molecule has 0 spiro atoms. The molecule has 2 nitrogen and oxygen atoms in total. The first-order chi connectivity index (χ1) is 6.86. The fourth-order valence-electron chi connectivity index (χ4n) is 1.35. The summed E-state index contributed by atoms with van der Waals surface area (Å²) in [4.78, 5) is 0. The summed E-state index contributed by atoms with van der Waals surface area (Å²) >= 11 is 0. The van der Waals surface area contributed by atoms with Gasteiger partial charge in [-0.2, -0.15) is 0 Å². The lowest BCUT2D eigenvalue weighted by Crippen LogP contribution is -2.27. The molecule has 0 amide bonds. The second-order valence-corrected chi connectivity index (χ2v) is 4.73. The number of halogens is 1. The lowest BCUT2D eigenvalue weighted by molar-refractivity contribution is 0.317. The van der Waals surface area contributed by atoms with Gasteiger partial charge in [0.1, 0.15) is 11.6 Å². The van der Waals surface area contributed by atoms with Crippen molar-refractivity contribution in [3.8, 4) is 5.75 Å². The van der Waals surface area contributed by atoms with Crippen molar-refractivity contribution in [1.29, 1.82) is 0 Å². The predicted octanol–water partition coefficient (Wildman–Crippen LogP) is 2.88. The van der Waals surface area contributed by atoms with E-state index in [0.29, 0.717) is 11.3 Å². The Bertz CT molecular complexity index is 344. The molecule has 0 aliphatic rings. The third kappa shape index (κ3) is 2.69. The molecule has 84 valence electrons. The average molecular weight is 211 g/mol. The van der Waals surface area contributed by atoms with Crippen LogP contribution < -0.4 is 10.5 Å². The Labute approximate surface area is 90.2 Å². The van der Waals surface area contributed by atoms with Gasteiger partial charge in [-0.1, -0.05) is 20.8 Å². The molecule has 0 bridgehead atoms. The maximum atomic E-state index is 13.6. The Balaban J connectivity index is 3.12. The molecule has 0 heterocycles. The molecule has 2 N–H and O–H groups in total. The monoisotopic (exact) mass is 211 g/mol. The van der Waals surface area contributed by atoms with Gasteiger partial charge in [0.05, 0.1) is 7.11 Å². The van der Waals surface area contributed by atoms with E-state index >= 15 is 0 Å². The number of rotatable bonds is 2. The van der Waals surface area contributed by atoms with Gasteiger partial charge in [0.25, 0.3) is 0 Å². The molecule has 1 aromatic carbocycles. The zero-order valence-electron chi connectivity index (χ0n) is 9.67. The maximum absolute atomic E-state index is 13.6. The smallest absolute Gasteiger partial charge is 0.128 e. The first-order valence-electron chi connectivity index (χ1n) is 4.95. The first-order valence-corrected chi connectivity index (χ1v) is 4.95. The minimum atomic E-state index is -0.340. The molecular weight excluding hydrogens is 193 g/mol. The standard InChI is InChI=1S/C12H18FNO/c1-12(2,3)11(14)9-7-8(15-4)5-6-10(9)13/h5-7,11H,14H2,1-4H3/t11-/m1/s1. The van der Waals surface area contributed by atoms with Crippen LogP contribution in [-0.4, -0.2) is 7.11 Å². The van der Waals surface area contributed by atoms with Crippen LogP contribution in [0.4, 0.5) is 4.39 Å². The lowest BCUT2D eigenvalue weighted by Gasteiger charge is -2.27. The second kappa shape index (κ2) is 4.19. The summed E-state index contributed by atoms with van der Waals surface area (Å²) in [5.74, 6) is 0.351. The zero-order valence-corrected chi connectivity index (χ0v) is 9.67. The van der Waals surface area contributed by atoms with Crippen molar-refractivity contribution < 1.29 is 9.13 Å². The van der Waals surface area contributed by atoms with E-state index in [0.717, 1.165) is 0 Å². The Morgan fingerprint density at radius 1 is 1.33 bits per heavy atom. The van der Waals surface area contributed by atoms with Crippen LogP contribution in [0, 0.1) is 11.2 Å². The normalized spacial score (nSPS) is 13.7. The highest BCUT2D eigenvalue weighted by Gasteiger charge is 2.25. The minimum Gasteiger partial charge on any atom is -0.497 e.